The molecule has 8 heteroatoms. The average Bonchev–Trinajstić information content (AvgIpc) is 3.24. The van der Waals surface area contributed by atoms with Gasteiger partial charge in [-0.25, -0.2) is 4.98 Å². The van der Waals surface area contributed by atoms with Gasteiger partial charge in [0.1, 0.15) is 0 Å². The number of anilines is 1. The van der Waals surface area contributed by atoms with Gasteiger partial charge in [-0.2, -0.15) is 0 Å². The highest BCUT2D eigenvalue weighted by Gasteiger charge is 2.12. The molecule has 1 N–H and O–H groups in total. The van der Waals surface area contributed by atoms with E-state index in [2.05, 4.69) is 25.4 Å². The van der Waals surface area contributed by atoms with Crippen molar-refractivity contribution in [3.05, 3.63) is 77.5 Å². The van der Waals surface area contributed by atoms with Gasteiger partial charge in [-0.05, 0) is 36.8 Å². The van der Waals surface area contributed by atoms with Gasteiger partial charge in [0.25, 0.3) is 5.91 Å². The molecule has 3 heterocycles. The van der Waals surface area contributed by atoms with Gasteiger partial charge < -0.3 is 9.84 Å². The molecule has 0 saturated carbocycles. The molecule has 3 aromatic heterocycles. The zero-order valence-electron chi connectivity index (χ0n) is 14.8. The normalized spacial score (nSPS) is 10.6. The van der Waals surface area contributed by atoms with E-state index in [0.717, 1.165) is 11.1 Å². The Labute approximate surface area is 165 Å². The van der Waals surface area contributed by atoms with E-state index in [9.17, 15) is 4.79 Å². The summed E-state index contributed by atoms with van der Waals surface area (Å²) in [6.07, 6.45) is 7.82. The Kier molecular flexibility index (Phi) is 4.82. The number of aromatic nitrogens is 4. The zero-order valence-corrected chi connectivity index (χ0v) is 15.5. The van der Waals surface area contributed by atoms with E-state index >= 15 is 0 Å². The first-order chi connectivity index (χ1) is 13.6. The molecule has 1 amide bonds. The number of hydrogen-bond acceptors (Lipinski definition) is 6. The molecule has 0 atom stereocenters. The van der Waals surface area contributed by atoms with Gasteiger partial charge in [0.2, 0.25) is 0 Å². The van der Waals surface area contributed by atoms with Crippen molar-refractivity contribution in [3.8, 4) is 22.6 Å². The van der Waals surface area contributed by atoms with Crippen LogP contribution >= 0.6 is 11.6 Å². The van der Waals surface area contributed by atoms with Crippen LogP contribution < -0.4 is 5.32 Å². The molecular formula is C20H14ClN5O2. The van der Waals surface area contributed by atoms with E-state index < -0.39 is 0 Å². The van der Waals surface area contributed by atoms with Crippen molar-refractivity contribution in [2.24, 2.45) is 0 Å². The van der Waals surface area contributed by atoms with Gasteiger partial charge in [0.05, 0.1) is 29.3 Å². The summed E-state index contributed by atoms with van der Waals surface area (Å²) in [6, 6.07) is 8.87. The lowest BCUT2D eigenvalue weighted by Crippen LogP contribution is -2.14. The van der Waals surface area contributed by atoms with Crippen LogP contribution in [0.25, 0.3) is 22.6 Å². The van der Waals surface area contributed by atoms with Crippen molar-refractivity contribution in [1.82, 2.24) is 20.1 Å². The minimum absolute atomic E-state index is 0.271. The summed E-state index contributed by atoms with van der Waals surface area (Å²) in [7, 11) is 0. The highest BCUT2D eigenvalue weighted by molar-refractivity contribution is 6.33. The number of nitrogens with zero attached hydrogens (tertiary/aromatic N) is 4. The Morgan fingerprint density at radius 2 is 1.96 bits per heavy atom. The Hall–Kier alpha value is -3.58. The highest BCUT2D eigenvalue weighted by Crippen LogP contribution is 2.31. The maximum Gasteiger partial charge on any atom is 0.257 e. The van der Waals surface area contributed by atoms with Crippen molar-refractivity contribution in [2.45, 2.75) is 6.92 Å². The topological polar surface area (TPSA) is 93.8 Å². The Morgan fingerprint density at radius 1 is 1.07 bits per heavy atom. The number of benzene rings is 1. The number of aryl methyl sites for hydroxylation is 1. The molecule has 4 rings (SSSR count). The molecular weight excluding hydrogens is 378 g/mol. The molecule has 0 fully saturated rings. The number of halogens is 1. The molecule has 0 unspecified atom stereocenters. The van der Waals surface area contributed by atoms with Crippen LogP contribution in [-0.4, -0.2) is 26.0 Å². The predicted octanol–water partition coefficient (Wildman–Crippen LogP) is 4.41. The molecule has 0 spiro atoms. The number of amides is 1. The van der Waals surface area contributed by atoms with E-state index in [4.69, 9.17) is 16.1 Å². The SMILES string of the molecule is Cc1cnccc1C(=O)Nc1cnc(-c2cc(-c3ccno3)ccc2Cl)cn1. The number of pyridine rings is 1. The summed E-state index contributed by atoms with van der Waals surface area (Å²) < 4.78 is 5.18. The molecule has 4 aromatic rings. The fourth-order valence-electron chi connectivity index (χ4n) is 2.68. The second-order valence-electron chi connectivity index (χ2n) is 6.00. The van der Waals surface area contributed by atoms with Gasteiger partial charge in [0, 0.05) is 35.2 Å². The molecule has 0 bridgehead atoms. The summed E-state index contributed by atoms with van der Waals surface area (Å²) in [4.78, 5) is 25.0. The summed E-state index contributed by atoms with van der Waals surface area (Å²) in [5, 5.41) is 6.97. The van der Waals surface area contributed by atoms with Crippen LogP contribution in [0.1, 0.15) is 15.9 Å². The second-order valence-corrected chi connectivity index (χ2v) is 6.41. The minimum Gasteiger partial charge on any atom is -0.356 e. The first-order valence-electron chi connectivity index (χ1n) is 8.37. The molecule has 0 aliphatic rings. The number of carbonyl (C=O) groups is 1. The smallest absolute Gasteiger partial charge is 0.257 e. The van der Waals surface area contributed by atoms with Gasteiger partial charge >= 0.3 is 0 Å². The maximum absolute atomic E-state index is 12.4. The lowest BCUT2D eigenvalue weighted by Gasteiger charge is -2.08. The monoisotopic (exact) mass is 391 g/mol. The maximum atomic E-state index is 12.4. The van der Waals surface area contributed by atoms with E-state index in [-0.39, 0.29) is 5.91 Å². The zero-order chi connectivity index (χ0) is 19.5. The number of carbonyl (C=O) groups excluding carboxylic acids is 1. The molecule has 0 saturated heterocycles. The lowest BCUT2D eigenvalue weighted by atomic mass is 10.1. The number of rotatable bonds is 4. The number of hydrogen-bond donors (Lipinski definition) is 1. The van der Waals surface area contributed by atoms with Crippen molar-refractivity contribution in [3.63, 3.8) is 0 Å². The van der Waals surface area contributed by atoms with Gasteiger partial charge in [-0.15, -0.1) is 0 Å². The fraction of sp³-hybridized carbons (Fsp3) is 0.0500. The average molecular weight is 392 g/mol. The Balaban J connectivity index is 1.58. The van der Waals surface area contributed by atoms with E-state index in [1.807, 2.05) is 19.1 Å². The third-order valence-electron chi connectivity index (χ3n) is 4.12. The van der Waals surface area contributed by atoms with Crippen molar-refractivity contribution < 1.29 is 9.32 Å². The third-order valence-corrected chi connectivity index (χ3v) is 4.45. The van der Waals surface area contributed by atoms with Crippen LogP contribution in [-0.2, 0) is 0 Å². The van der Waals surface area contributed by atoms with Gasteiger partial charge in [0.15, 0.2) is 11.6 Å². The van der Waals surface area contributed by atoms with E-state index in [1.54, 1.807) is 43.0 Å². The largest absolute Gasteiger partial charge is 0.356 e. The molecule has 1 aromatic carbocycles. The van der Waals surface area contributed by atoms with Crippen LogP contribution in [0.2, 0.25) is 5.02 Å². The number of nitrogens with one attached hydrogen (secondary N) is 1. The summed E-state index contributed by atoms with van der Waals surface area (Å²) in [6.45, 7) is 1.82. The van der Waals surface area contributed by atoms with Gasteiger partial charge in [-0.1, -0.05) is 16.8 Å². The summed E-state index contributed by atoms with van der Waals surface area (Å²) in [5.74, 6) is 0.697. The highest BCUT2D eigenvalue weighted by atomic mass is 35.5. The van der Waals surface area contributed by atoms with Crippen LogP contribution in [0, 0.1) is 6.92 Å². The molecule has 7 nitrogen and oxygen atoms in total. The van der Waals surface area contributed by atoms with E-state index in [1.165, 1.54) is 6.20 Å². The van der Waals surface area contributed by atoms with Crippen molar-refractivity contribution in [1.29, 1.82) is 0 Å². The van der Waals surface area contributed by atoms with Crippen LogP contribution in [0.15, 0.2) is 65.8 Å². The Morgan fingerprint density at radius 3 is 2.68 bits per heavy atom. The van der Waals surface area contributed by atoms with Gasteiger partial charge in [-0.3, -0.25) is 14.8 Å². The fourth-order valence-corrected chi connectivity index (χ4v) is 2.90. The molecule has 138 valence electrons. The van der Waals surface area contributed by atoms with E-state index in [0.29, 0.717) is 33.4 Å². The van der Waals surface area contributed by atoms with Crippen LogP contribution in [0.5, 0.6) is 0 Å². The summed E-state index contributed by atoms with van der Waals surface area (Å²) >= 11 is 6.32. The standard InChI is InChI=1S/C20H14ClN5O2/c1-12-9-22-6-4-14(12)20(27)26-19-11-23-17(10-24-19)15-8-13(2-3-16(15)21)18-5-7-25-28-18/h2-11H,1H3,(H,24,26,27). The molecule has 0 aliphatic heterocycles. The van der Waals surface area contributed by atoms with Crippen LogP contribution in [0.3, 0.4) is 0 Å². The quantitative estimate of drug-likeness (QED) is 0.553. The first-order valence-corrected chi connectivity index (χ1v) is 8.74. The second kappa shape index (κ2) is 7.58. The van der Waals surface area contributed by atoms with Crippen molar-refractivity contribution >= 4 is 23.3 Å². The van der Waals surface area contributed by atoms with Crippen LogP contribution in [0.4, 0.5) is 5.82 Å². The predicted molar refractivity (Wildman–Crippen MR) is 105 cm³/mol. The first kappa shape index (κ1) is 17.8. The molecule has 28 heavy (non-hydrogen) atoms. The molecule has 0 aliphatic carbocycles. The lowest BCUT2D eigenvalue weighted by molar-refractivity contribution is 0.102. The summed E-state index contributed by atoms with van der Waals surface area (Å²) in [5.41, 5.74) is 3.41. The Bertz CT molecular complexity index is 1130. The minimum atomic E-state index is -0.271. The van der Waals surface area contributed by atoms with Crippen molar-refractivity contribution in [2.75, 3.05) is 5.32 Å². The molecule has 0 radical (unpaired) electrons. The third kappa shape index (κ3) is 3.60.